The lowest BCUT2D eigenvalue weighted by Crippen LogP contribution is -2.19. The molecular weight excluding hydrogens is 352 g/mol. The van der Waals surface area contributed by atoms with Crippen LogP contribution in [0.1, 0.15) is 15.9 Å². The van der Waals surface area contributed by atoms with Crippen LogP contribution < -0.4 is 4.74 Å². The molecule has 3 aromatic rings. The van der Waals surface area contributed by atoms with E-state index in [0.717, 1.165) is 20.8 Å². The van der Waals surface area contributed by atoms with Gasteiger partial charge in [-0.3, -0.25) is 4.79 Å². The highest BCUT2D eigenvalue weighted by atomic mass is 79.9. The molecule has 4 rings (SSSR count). The Hall–Kier alpha value is -2.39. The van der Waals surface area contributed by atoms with Crippen molar-refractivity contribution in [3.63, 3.8) is 0 Å². The molecule has 0 aromatic heterocycles. The van der Waals surface area contributed by atoms with Gasteiger partial charge in [0.25, 0.3) is 0 Å². The smallest absolute Gasteiger partial charge is 0.196 e. The molecule has 0 atom stereocenters. The quantitative estimate of drug-likeness (QED) is 0.550. The number of Topliss-reactive ketones (excluding diaryl/α,β-unsaturated/α-hetero) is 1. The Morgan fingerprint density at radius 2 is 1.87 bits per heavy atom. The molecule has 0 saturated carbocycles. The van der Waals surface area contributed by atoms with Crippen molar-refractivity contribution >= 4 is 38.6 Å². The minimum Gasteiger partial charge on any atom is -0.488 e. The predicted molar refractivity (Wildman–Crippen MR) is 95.9 cm³/mol. The van der Waals surface area contributed by atoms with Crippen molar-refractivity contribution in [2.24, 2.45) is 0 Å². The van der Waals surface area contributed by atoms with E-state index in [1.165, 1.54) is 0 Å². The van der Waals surface area contributed by atoms with Gasteiger partial charge in [0.05, 0.1) is 5.56 Å². The number of hydrogen-bond donors (Lipinski definition) is 0. The van der Waals surface area contributed by atoms with Gasteiger partial charge >= 0.3 is 0 Å². The van der Waals surface area contributed by atoms with Gasteiger partial charge in [0.15, 0.2) is 5.78 Å². The lowest BCUT2D eigenvalue weighted by Gasteiger charge is -2.20. The van der Waals surface area contributed by atoms with E-state index in [9.17, 15) is 4.79 Å². The third kappa shape index (κ3) is 2.57. The summed E-state index contributed by atoms with van der Waals surface area (Å²) in [5.41, 5.74) is 2.32. The summed E-state index contributed by atoms with van der Waals surface area (Å²) in [5.74, 6) is 0.711. The van der Waals surface area contributed by atoms with Crippen molar-refractivity contribution in [1.29, 1.82) is 0 Å². The number of ether oxygens (including phenoxy) is 1. The zero-order valence-electron chi connectivity index (χ0n) is 12.3. The number of benzene rings is 3. The van der Waals surface area contributed by atoms with Crippen molar-refractivity contribution in [2.75, 3.05) is 6.61 Å². The summed E-state index contributed by atoms with van der Waals surface area (Å²) in [6.45, 7) is 0.302. The van der Waals surface area contributed by atoms with Crippen LogP contribution in [0.15, 0.2) is 70.7 Å². The number of carbonyl (C=O) groups excluding carboxylic acids is 1. The lowest BCUT2D eigenvalue weighted by atomic mass is 9.93. The van der Waals surface area contributed by atoms with E-state index in [0.29, 0.717) is 23.5 Å². The molecule has 0 radical (unpaired) electrons. The van der Waals surface area contributed by atoms with Crippen molar-refractivity contribution in [2.45, 2.75) is 0 Å². The second-order valence-corrected chi connectivity index (χ2v) is 6.42. The van der Waals surface area contributed by atoms with Crippen LogP contribution in [0.4, 0.5) is 0 Å². The zero-order chi connectivity index (χ0) is 15.8. The molecule has 0 aliphatic carbocycles. The Bertz CT molecular complexity index is 957. The number of ketones is 1. The van der Waals surface area contributed by atoms with Gasteiger partial charge in [-0.25, -0.2) is 0 Å². The van der Waals surface area contributed by atoms with Gasteiger partial charge in [-0.1, -0.05) is 58.4 Å². The summed E-state index contributed by atoms with van der Waals surface area (Å²) < 4.78 is 6.80. The van der Waals surface area contributed by atoms with Crippen LogP contribution in [0.5, 0.6) is 5.75 Å². The summed E-state index contributed by atoms with van der Waals surface area (Å²) in [6.07, 6.45) is 1.90. The number of carbonyl (C=O) groups is 1. The van der Waals surface area contributed by atoms with Crippen LogP contribution in [0.2, 0.25) is 0 Å². The van der Waals surface area contributed by atoms with E-state index in [-0.39, 0.29) is 5.78 Å². The van der Waals surface area contributed by atoms with E-state index in [1.54, 1.807) is 0 Å². The Labute approximate surface area is 142 Å². The van der Waals surface area contributed by atoms with Gasteiger partial charge in [0.1, 0.15) is 12.4 Å². The molecule has 0 amide bonds. The number of hydrogen-bond acceptors (Lipinski definition) is 2. The van der Waals surface area contributed by atoms with Crippen molar-refractivity contribution < 1.29 is 9.53 Å². The molecule has 0 N–H and O–H groups in total. The molecule has 23 heavy (non-hydrogen) atoms. The number of rotatable bonds is 1. The first-order valence-corrected chi connectivity index (χ1v) is 8.17. The first kappa shape index (κ1) is 14.2. The molecule has 0 unspecified atom stereocenters. The first-order valence-electron chi connectivity index (χ1n) is 7.38. The maximum absolute atomic E-state index is 13.0. The first-order chi connectivity index (χ1) is 11.2. The third-order valence-electron chi connectivity index (χ3n) is 3.98. The van der Waals surface area contributed by atoms with Crippen molar-refractivity contribution in [3.05, 3.63) is 81.8 Å². The van der Waals surface area contributed by atoms with Crippen LogP contribution in [0.25, 0.3) is 16.8 Å². The van der Waals surface area contributed by atoms with Gasteiger partial charge in [-0.2, -0.15) is 0 Å². The number of fused-ring (bicyclic) bond motifs is 3. The SMILES string of the molecule is O=C1/C(=C/c2cccc(Br)c2)COc2ccc3ccccc3c21. The van der Waals surface area contributed by atoms with Crippen LogP contribution in [-0.4, -0.2) is 12.4 Å². The monoisotopic (exact) mass is 364 g/mol. The molecule has 1 aliphatic rings. The topological polar surface area (TPSA) is 26.3 Å². The fraction of sp³-hybridized carbons (Fsp3) is 0.0500. The molecule has 3 aromatic carbocycles. The maximum Gasteiger partial charge on any atom is 0.196 e. The number of halogens is 1. The van der Waals surface area contributed by atoms with Crippen LogP contribution in [0.3, 0.4) is 0 Å². The predicted octanol–water partition coefficient (Wildman–Crippen LogP) is 5.26. The third-order valence-corrected chi connectivity index (χ3v) is 4.48. The van der Waals surface area contributed by atoms with Crippen LogP contribution >= 0.6 is 15.9 Å². The lowest BCUT2D eigenvalue weighted by molar-refractivity contribution is 0.100. The Kier molecular flexibility index (Phi) is 3.50. The summed E-state index contributed by atoms with van der Waals surface area (Å²) in [4.78, 5) is 13.0. The van der Waals surface area contributed by atoms with Gasteiger partial charge in [-0.05, 0) is 40.6 Å². The highest BCUT2D eigenvalue weighted by Crippen LogP contribution is 2.34. The van der Waals surface area contributed by atoms with Crippen LogP contribution in [-0.2, 0) is 0 Å². The van der Waals surface area contributed by atoms with E-state index in [1.807, 2.05) is 66.7 Å². The highest BCUT2D eigenvalue weighted by molar-refractivity contribution is 9.10. The molecule has 0 saturated heterocycles. The van der Waals surface area contributed by atoms with Gasteiger partial charge in [0.2, 0.25) is 0 Å². The molecule has 112 valence electrons. The summed E-state index contributed by atoms with van der Waals surface area (Å²) in [7, 11) is 0. The van der Waals surface area contributed by atoms with Crippen molar-refractivity contribution in [1.82, 2.24) is 0 Å². The Morgan fingerprint density at radius 3 is 2.74 bits per heavy atom. The maximum atomic E-state index is 13.0. The molecular formula is C20H13BrO2. The second-order valence-electron chi connectivity index (χ2n) is 5.50. The minimum atomic E-state index is 0.0445. The van der Waals surface area contributed by atoms with E-state index in [2.05, 4.69) is 15.9 Å². The molecule has 0 bridgehead atoms. The highest BCUT2D eigenvalue weighted by Gasteiger charge is 2.25. The zero-order valence-corrected chi connectivity index (χ0v) is 13.8. The van der Waals surface area contributed by atoms with Crippen molar-refractivity contribution in [3.8, 4) is 5.75 Å². The molecule has 1 heterocycles. The normalized spacial score (nSPS) is 15.5. The van der Waals surface area contributed by atoms with Gasteiger partial charge in [-0.15, -0.1) is 0 Å². The molecule has 3 heteroatoms. The largest absolute Gasteiger partial charge is 0.488 e. The minimum absolute atomic E-state index is 0.0445. The Morgan fingerprint density at radius 1 is 1.00 bits per heavy atom. The average molecular weight is 365 g/mol. The molecule has 0 fully saturated rings. The average Bonchev–Trinajstić information content (AvgIpc) is 2.57. The standard InChI is InChI=1S/C20H13BrO2/c21-16-6-3-4-13(11-16)10-15-12-23-18-9-8-14-5-1-2-7-17(14)19(18)20(15)22/h1-11H,12H2/b15-10+. The van der Waals surface area contributed by atoms with E-state index in [4.69, 9.17) is 4.74 Å². The summed E-state index contributed by atoms with van der Waals surface area (Å²) >= 11 is 3.45. The Balaban J connectivity index is 1.84. The fourth-order valence-electron chi connectivity index (χ4n) is 2.89. The fourth-order valence-corrected chi connectivity index (χ4v) is 3.31. The van der Waals surface area contributed by atoms with E-state index >= 15 is 0 Å². The summed E-state index contributed by atoms with van der Waals surface area (Å²) in [5, 5.41) is 1.99. The molecule has 2 nitrogen and oxygen atoms in total. The van der Waals surface area contributed by atoms with Gasteiger partial charge in [0, 0.05) is 10.0 Å². The second kappa shape index (κ2) is 5.67. The summed E-state index contributed by atoms with van der Waals surface area (Å²) in [6, 6.07) is 19.6. The van der Waals surface area contributed by atoms with Crippen LogP contribution in [0, 0.1) is 0 Å². The molecule has 0 spiro atoms. The van der Waals surface area contributed by atoms with E-state index < -0.39 is 0 Å². The van der Waals surface area contributed by atoms with Gasteiger partial charge < -0.3 is 4.74 Å². The molecule has 1 aliphatic heterocycles.